The summed E-state index contributed by atoms with van der Waals surface area (Å²) >= 11 is 0. The van der Waals surface area contributed by atoms with Crippen molar-refractivity contribution in [3.05, 3.63) is 65.5 Å². The quantitative estimate of drug-likeness (QED) is 0.909. The molecule has 0 fully saturated rings. The Labute approximate surface area is 145 Å². The van der Waals surface area contributed by atoms with Gasteiger partial charge in [-0.05, 0) is 54.4 Å². The minimum Gasteiger partial charge on any atom is -0.497 e. The monoisotopic (exact) mass is 342 g/mol. The zero-order valence-electron chi connectivity index (χ0n) is 14.1. The zero-order valence-corrected chi connectivity index (χ0v) is 14.1. The van der Waals surface area contributed by atoms with Gasteiger partial charge in [0.2, 0.25) is 5.60 Å². The van der Waals surface area contributed by atoms with Crippen molar-refractivity contribution in [2.75, 3.05) is 7.11 Å². The molecule has 0 radical (unpaired) electrons. The first-order chi connectivity index (χ1) is 12.0. The molecular formula is C19H19FN2O3. The molecule has 1 heterocycles. The predicted octanol–water partition coefficient (Wildman–Crippen LogP) is 3.03. The normalized spacial score (nSPS) is 19.1. The molecule has 1 atom stereocenters. The molecule has 6 heteroatoms. The second-order valence-electron chi connectivity index (χ2n) is 6.08. The van der Waals surface area contributed by atoms with E-state index >= 15 is 0 Å². The molecule has 2 aromatic carbocycles. The number of methoxy groups -OCH3 is 1. The SMILES string of the molecule is COc1ccc(C2=NOC(C)(C(=O)NCc3cccc(F)c3)C2)cc1. The molecule has 1 aliphatic heterocycles. The van der Waals surface area contributed by atoms with Crippen LogP contribution in [0.25, 0.3) is 0 Å². The number of hydrogen-bond donors (Lipinski definition) is 1. The average molecular weight is 342 g/mol. The summed E-state index contributed by atoms with van der Waals surface area (Å²) < 4.78 is 18.3. The van der Waals surface area contributed by atoms with Crippen molar-refractivity contribution in [2.24, 2.45) is 5.16 Å². The standard InChI is InChI=1S/C19H19FN2O3/c1-19(18(23)21-12-13-4-3-5-15(20)10-13)11-17(22-25-19)14-6-8-16(24-2)9-7-14/h3-10H,11-12H2,1-2H3,(H,21,23). The summed E-state index contributed by atoms with van der Waals surface area (Å²) in [4.78, 5) is 17.9. The van der Waals surface area contributed by atoms with Crippen LogP contribution in [0, 0.1) is 5.82 Å². The molecule has 2 aromatic rings. The Hall–Kier alpha value is -2.89. The molecule has 25 heavy (non-hydrogen) atoms. The summed E-state index contributed by atoms with van der Waals surface area (Å²) in [6.45, 7) is 1.92. The summed E-state index contributed by atoms with van der Waals surface area (Å²) in [5.41, 5.74) is 1.18. The van der Waals surface area contributed by atoms with Gasteiger partial charge in [0.1, 0.15) is 11.6 Å². The number of benzene rings is 2. The van der Waals surface area contributed by atoms with E-state index in [2.05, 4.69) is 10.5 Å². The number of carbonyl (C=O) groups is 1. The van der Waals surface area contributed by atoms with E-state index < -0.39 is 5.60 Å². The predicted molar refractivity (Wildman–Crippen MR) is 91.9 cm³/mol. The molecule has 130 valence electrons. The maximum Gasteiger partial charge on any atom is 0.267 e. The zero-order chi connectivity index (χ0) is 17.9. The molecule has 0 bridgehead atoms. The first kappa shape index (κ1) is 17.0. The van der Waals surface area contributed by atoms with Gasteiger partial charge in [-0.15, -0.1) is 0 Å². The number of nitrogens with zero attached hydrogens (tertiary/aromatic N) is 1. The Morgan fingerprint density at radius 1 is 1.32 bits per heavy atom. The lowest BCUT2D eigenvalue weighted by atomic mass is 9.95. The van der Waals surface area contributed by atoms with Crippen molar-refractivity contribution < 1.29 is 18.8 Å². The molecular weight excluding hydrogens is 323 g/mol. The molecule has 0 saturated carbocycles. The van der Waals surface area contributed by atoms with Crippen molar-refractivity contribution in [1.29, 1.82) is 0 Å². The first-order valence-electron chi connectivity index (χ1n) is 7.92. The number of amides is 1. The number of hydrogen-bond acceptors (Lipinski definition) is 4. The summed E-state index contributed by atoms with van der Waals surface area (Å²) in [5.74, 6) is 0.128. The fourth-order valence-corrected chi connectivity index (χ4v) is 2.62. The molecule has 1 amide bonds. The first-order valence-corrected chi connectivity index (χ1v) is 7.92. The average Bonchev–Trinajstić information content (AvgIpc) is 3.03. The summed E-state index contributed by atoms with van der Waals surface area (Å²) in [7, 11) is 1.60. The molecule has 1 N–H and O–H groups in total. The van der Waals surface area contributed by atoms with Crippen LogP contribution in [0.5, 0.6) is 5.75 Å². The number of nitrogens with one attached hydrogen (secondary N) is 1. The van der Waals surface area contributed by atoms with E-state index in [1.165, 1.54) is 12.1 Å². The van der Waals surface area contributed by atoms with Gasteiger partial charge in [0.25, 0.3) is 5.91 Å². The smallest absolute Gasteiger partial charge is 0.267 e. The summed E-state index contributed by atoms with van der Waals surface area (Å²) in [5, 5.41) is 6.83. The van der Waals surface area contributed by atoms with E-state index in [0.29, 0.717) is 17.7 Å². The highest BCUT2D eigenvalue weighted by atomic mass is 19.1. The van der Waals surface area contributed by atoms with E-state index in [1.54, 1.807) is 26.2 Å². The van der Waals surface area contributed by atoms with Crippen molar-refractivity contribution in [2.45, 2.75) is 25.5 Å². The van der Waals surface area contributed by atoms with E-state index in [9.17, 15) is 9.18 Å². The Kier molecular flexibility index (Phi) is 4.70. The lowest BCUT2D eigenvalue weighted by Crippen LogP contribution is -2.44. The fraction of sp³-hybridized carbons (Fsp3) is 0.263. The fourth-order valence-electron chi connectivity index (χ4n) is 2.62. The van der Waals surface area contributed by atoms with E-state index in [1.807, 2.05) is 24.3 Å². The molecule has 1 aliphatic rings. The minimum atomic E-state index is -1.08. The molecule has 3 rings (SSSR count). The Morgan fingerprint density at radius 2 is 2.08 bits per heavy atom. The van der Waals surface area contributed by atoms with Gasteiger partial charge in [-0.1, -0.05) is 17.3 Å². The van der Waals surface area contributed by atoms with Crippen LogP contribution in [0.4, 0.5) is 4.39 Å². The third-order valence-electron chi connectivity index (χ3n) is 4.11. The molecule has 0 aromatic heterocycles. The second kappa shape index (κ2) is 6.93. The number of rotatable bonds is 5. The van der Waals surface area contributed by atoms with E-state index in [-0.39, 0.29) is 18.3 Å². The van der Waals surface area contributed by atoms with Gasteiger partial charge in [-0.2, -0.15) is 0 Å². The highest BCUT2D eigenvalue weighted by molar-refractivity contribution is 6.05. The van der Waals surface area contributed by atoms with Gasteiger partial charge in [0.15, 0.2) is 0 Å². The van der Waals surface area contributed by atoms with Gasteiger partial charge >= 0.3 is 0 Å². The Balaban J connectivity index is 1.62. The summed E-state index contributed by atoms with van der Waals surface area (Å²) in [6.07, 6.45) is 0.355. The van der Waals surface area contributed by atoms with Gasteiger partial charge in [-0.3, -0.25) is 4.79 Å². The van der Waals surface area contributed by atoms with Crippen molar-refractivity contribution >= 4 is 11.6 Å². The summed E-state index contributed by atoms with van der Waals surface area (Å²) in [6, 6.07) is 13.5. The minimum absolute atomic E-state index is 0.230. The van der Waals surface area contributed by atoms with Crippen LogP contribution in [-0.2, 0) is 16.2 Å². The van der Waals surface area contributed by atoms with Crippen LogP contribution in [0.1, 0.15) is 24.5 Å². The molecule has 0 aliphatic carbocycles. The lowest BCUT2D eigenvalue weighted by Gasteiger charge is -2.20. The maximum absolute atomic E-state index is 13.2. The number of halogens is 1. The van der Waals surface area contributed by atoms with Crippen molar-refractivity contribution in [3.63, 3.8) is 0 Å². The topological polar surface area (TPSA) is 59.9 Å². The molecule has 0 saturated heterocycles. The maximum atomic E-state index is 13.2. The number of oxime groups is 1. The Morgan fingerprint density at radius 3 is 2.76 bits per heavy atom. The van der Waals surface area contributed by atoms with Crippen molar-refractivity contribution in [3.8, 4) is 5.75 Å². The van der Waals surface area contributed by atoms with Crippen LogP contribution in [0.15, 0.2) is 53.7 Å². The van der Waals surface area contributed by atoms with Crippen LogP contribution < -0.4 is 10.1 Å². The molecule has 1 unspecified atom stereocenters. The van der Waals surface area contributed by atoms with Gasteiger partial charge < -0.3 is 14.9 Å². The third kappa shape index (κ3) is 3.79. The van der Waals surface area contributed by atoms with Gasteiger partial charge in [-0.25, -0.2) is 4.39 Å². The lowest BCUT2D eigenvalue weighted by molar-refractivity contribution is -0.141. The highest BCUT2D eigenvalue weighted by Gasteiger charge is 2.42. The van der Waals surface area contributed by atoms with Crippen LogP contribution in [0.3, 0.4) is 0 Å². The van der Waals surface area contributed by atoms with Gasteiger partial charge in [0.05, 0.1) is 12.8 Å². The van der Waals surface area contributed by atoms with Crippen LogP contribution in [-0.4, -0.2) is 24.3 Å². The van der Waals surface area contributed by atoms with Crippen LogP contribution in [0.2, 0.25) is 0 Å². The van der Waals surface area contributed by atoms with Gasteiger partial charge in [0, 0.05) is 13.0 Å². The van der Waals surface area contributed by atoms with Crippen molar-refractivity contribution in [1.82, 2.24) is 5.32 Å². The largest absolute Gasteiger partial charge is 0.497 e. The molecule has 0 spiro atoms. The number of ether oxygens (including phenoxy) is 1. The van der Waals surface area contributed by atoms with Crippen LogP contribution >= 0.6 is 0 Å². The highest BCUT2D eigenvalue weighted by Crippen LogP contribution is 2.27. The number of carbonyl (C=O) groups excluding carboxylic acids is 1. The van der Waals surface area contributed by atoms with E-state index in [4.69, 9.17) is 9.57 Å². The molecule has 5 nitrogen and oxygen atoms in total. The van der Waals surface area contributed by atoms with E-state index in [0.717, 1.165) is 11.3 Å². The Bertz CT molecular complexity index is 805. The third-order valence-corrected chi connectivity index (χ3v) is 4.11. The second-order valence-corrected chi connectivity index (χ2v) is 6.08.